The Balaban J connectivity index is 1.61. The number of hydrogen-bond donors (Lipinski definition) is 3. The number of nitrogens with one attached hydrogen (secondary N) is 3. The number of carbonyl (C=O) groups is 1. The van der Waals surface area contributed by atoms with E-state index in [1.54, 1.807) is 12.1 Å². The molecule has 1 amide bonds. The van der Waals surface area contributed by atoms with Crippen molar-refractivity contribution >= 4 is 29.0 Å². The van der Waals surface area contributed by atoms with Gasteiger partial charge in [0.15, 0.2) is 16.3 Å². The number of hydrogen-bond acceptors (Lipinski definition) is 5. The summed E-state index contributed by atoms with van der Waals surface area (Å²) in [6.45, 7) is 5.14. The van der Waals surface area contributed by atoms with Gasteiger partial charge in [-0.25, -0.2) is 0 Å². The van der Waals surface area contributed by atoms with E-state index in [-0.39, 0.29) is 36.0 Å². The second-order valence-corrected chi connectivity index (χ2v) is 7.44. The van der Waals surface area contributed by atoms with E-state index in [1.165, 1.54) is 22.3 Å². The summed E-state index contributed by atoms with van der Waals surface area (Å²) < 4.78 is 12.4. The van der Waals surface area contributed by atoms with Gasteiger partial charge in [-0.05, 0) is 24.7 Å². The van der Waals surface area contributed by atoms with Crippen molar-refractivity contribution in [2.45, 2.75) is 32.7 Å². The van der Waals surface area contributed by atoms with E-state index < -0.39 is 0 Å². The highest BCUT2D eigenvalue weighted by Crippen LogP contribution is 2.34. The van der Waals surface area contributed by atoms with Gasteiger partial charge in [0.2, 0.25) is 12.7 Å². The number of ether oxygens (including phenoxy) is 2. The van der Waals surface area contributed by atoms with Crippen LogP contribution in [0.15, 0.2) is 16.9 Å². The fourth-order valence-corrected chi connectivity index (χ4v) is 3.45. The standard InChI is InChI=1S/C19H26N4O4S/c1-3-4-7-22(2)9-6-20-17(24)5-8-23-18(25)13-10-15-16(27-12-26-15)11-14(13)21-19(23)28/h10-11H,3-9,12H2,1-2H3,(H,20,24)(H,21,28)/p+1. The first kappa shape index (κ1) is 20.3. The maximum Gasteiger partial charge on any atom is 0.262 e. The predicted molar refractivity (Wildman–Crippen MR) is 109 cm³/mol. The lowest BCUT2D eigenvalue weighted by molar-refractivity contribution is -0.878. The van der Waals surface area contributed by atoms with Crippen molar-refractivity contribution < 1.29 is 19.2 Å². The van der Waals surface area contributed by atoms with Crippen LogP contribution in [0.25, 0.3) is 10.9 Å². The molecule has 1 aliphatic rings. The molecule has 0 saturated carbocycles. The third-order valence-corrected chi connectivity index (χ3v) is 5.19. The highest BCUT2D eigenvalue weighted by Gasteiger charge is 2.17. The highest BCUT2D eigenvalue weighted by molar-refractivity contribution is 7.71. The number of nitrogens with zero attached hydrogens (tertiary/aromatic N) is 1. The van der Waals surface area contributed by atoms with Gasteiger partial charge in [-0.3, -0.25) is 14.2 Å². The number of aromatic amines is 1. The van der Waals surface area contributed by atoms with Gasteiger partial charge in [0.05, 0.1) is 37.6 Å². The number of H-pyrrole nitrogens is 1. The lowest BCUT2D eigenvalue weighted by Crippen LogP contribution is -3.09. The van der Waals surface area contributed by atoms with Gasteiger partial charge in [-0.2, -0.15) is 0 Å². The van der Waals surface area contributed by atoms with E-state index >= 15 is 0 Å². The van der Waals surface area contributed by atoms with Gasteiger partial charge >= 0.3 is 0 Å². The number of amides is 1. The minimum Gasteiger partial charge on any atom is -0.454 e. The van der Waals surface area contributed by atoms with E-state index in [0.29, 0.717) is 28.9 Å². The monoisotopic (exact) mass is 407 g/mol. The molecule has 2 heterocycles. The van der Waals surface area contributed by atoms with Crippen molar-refractivity contribution in [2.24, 2.45) is 0 Å². The Hall–Kier alpha value is -2.39. The Morgan fingerprint density at radius 2 is 2.07 bits per heavy atom. The summed E-state index contributed by atoms with van der Waals surface area (Å²) in [4.78, 5) is 29.4. The third-order valence-electron chi connectivity index (χ3n) is 4.87. The van der Waals surface area contributed by atoms with Crippen LogP contribution in [0.4, 0.5) is 0 Å². The number of aromatic nitrogens is 2. The van der Waals surface area contributed by atoms with E-state index in [4.69, 9.17) is 21.7 Å². The Labute approximate surface area is 168 Å². The zero-order chi connectivity index (χ0) is 20.1. The summed E-state index contributed by atoms with van der Waals surface area (Å²) in [7, 11) is 2.13. The molecule has 0 aliphatic carbocycles. The average Bonchev–Trinajstić information content (AvgIpc) is 3.12. The van der Waals surface area contributed by atoms with Gasteiger partial charge in [0.25, 0.3) is 5.56 Å². The van der Waals surface area contributed by atoms with Crippen LogP contribution in [0.5, 0.6) is 11.5 Å². The molecule has 0 radical (unpaired) electrons. The molecule has 1 atom stereocenters. The maximum atomic E-state index is 12.8. The first-order valence-corrected chi connectivity index (χ1v) is 10.0. The van der Waals surface area contributed by atoms with Crippen molar-refractivity contribution in [2.75, 3.05) is 33.5 Å². The van der Waals surface area contributed by atoms with Gasteiger partial charge < -0.3 is 24.7 Å². The molecule has 0 saturated heterocycles. The first-order valence-electron chi connectivity index (χ1n) is 9.64. The fraction of sp³-hybridized carbons (Fsp3) is 0.526. The van der Waals surface area contributed by atoms with Gasteiger partial charge in [-0.15, -0.1) is 0 Å². The van der Waals surface area contributed by atoms with Crippen molar-refractivity contribution in [3.63, 3.8) is 0 Å². The van der Waals surface area contributed by atoms with E-state index in [9.17, 15) is 9.59 Å². The minimum absolute atomic E-state index is 0.0876. The van der Waals surface area contributed by atoms with Crippen LogP contribution in [0.1, 0.15) is 26.2 Å². The van der Waals surface area contributed by atoms with Crippen molar-refractivity contribution in [3.05, 3.63) is 27.3 Å². The summed E-state index contributed by atoms with van der Waals surface area (Å²) >= 11 is 5.31. The normalized spacial score (nSPS) is 13.6. The lowest BCUT2D eigenvalue weighted by Gasteiger charge is -2.14. The molecule has 1 unspecified atom stereocenters. The lowest BCUT2D eigenvalue weighted by atomic mass is 10.2. The summed E-state index contributed by atoms with van der Waals surface area (Å²) in [5.74, 6) is 1.03. The van der Waals surface area contributed by atoms with Crippen LogP contribution in [0.2, 0.25) is 0 Å². The molecule has 3 N–H and O–H groups in total. The average molecular weight is 408 g/mol. The van der Waals surface area contributed by atoms with Crippen LogP contribution in [-0.4, -0.2) is 48.9 Å². The molecule has 3 rings (SSSR count). The van der Waals surface area contributed by atoms with E-state index in [0.717, 1.165) is 13.1 Å². The molecule has 152 valence electrons. The molecule has 0 fully saturated rings. The molecule has 28 heavy (non-hydrogen) atoms. The number of fused-ring (bicyclic) bond motifs is 2. The van der Waals surface area contributed by atoms with Gasteiger partial charge in [-0.1, -0.05) is 13.3 Å². The summed E-state index contributed by atoms with van der Waals surface area (Å²) in [6.07, 6.45) is 2.55. The van der Waals surface area contributed by atoms with Crippen molar-refractivity contribution in [1.82, 2.24) is 14.9 Å². The fourth-order valence-electron chi connectivity index (χ4n) is 3.17. The molecule has 9 heteroatoms. The van der Waals surface area contributed by atoms with Crippen molar-refractivity contribution in [3.8, 4) is 11.5 Å². The van der Waals surface area contributed by atoms with Gasteiger partial charge in [0, 0.05) is 19.0 Å². The van der Waals surface area contributed by atoms with Gasteiger partial charge in [0.1, 0.15) is 0 Å². The van der Waals surface area contributed by atoms with Crippen LogP contribution < -0.4 is 25.2 Å². The molecular formula is C19H27N4O4S+. The first-order chi connectivity index (χ1) is 13.5. The summed E-state index contributed by atoms with van der Waals surface area (Å²) in [6, 6.07) is 3.36. The summed E-state index contributed by atoms with van der Waals surface area (Å²) in [5, 5.41) is 3.37. The molecule has 1 aliphatic heterocycles. The molecule has 0 spiro atoms. The molecule has 1 aromatic heterocycles. The van der Waals surface area contributed by atoms with Crippen LogP contribution in [-0.2, 0) is 11.3 Å². The number of unbranched alkanes of at least 4 members (excludes halogenated alkanes) is 1. The Bertz CT molecular complexity index is 969. The smallest absolute Gasteiger partial charge is 0.262 e. The zero-order valence-corrected chi connectivity index (χ0v) is 17.1. The second-order valence-electron chi connectivity index (χ2n) is 7.05. The second kappa shape index (κ2) is 9.20. The Morgan fingerprint density at radius 3 is 2.82 bits per heavy atom. The number of quaternary nitrogens is 1. The Morgan fingerprint density at radius 1 is 1.32 bits per heavy atom. The van der Waals surface area contributed by atoms with Crippen LogP contribution in [0, 0.1) is 4.77 Å². The quantitative estimate of drug-likeness (QED) is 0.530. The third kappa shape index (κ3) is 4.71. The van der Waals surface area contributed by atoms with Crippen LogP contribution in [0.3, 0.4) is 0 Å². The molecule has 0 bridgehead atoms. The van der Waals surface area contributed by atoms with Crippen LogP contribution >= 0.6 is 12.2 Å². The number of likely N-dealkylation sites (N-methyl/N-ethyl adjacent to an activating group) is 1. The molecular weight excluding hydrogens is 380 g/mol. The topological polar surface area (TPSA) is 89.8 Å². The maximum absolute atomic E-state index is 12.8. The predicted octanol–water partition coefficient (Wildman–Crippen LogP) is 0.609. The SMILES string of the molecule is CCCC[NH+](C)CCNC(=O)CCn1c(=S)[nH]c2cc3c(cc2c1=O)OCO3. The largest absolute Gasteiger partial charge is 0.454 e. The highest BCUT2D eigenvalue weighted by atomic mass is 32.1. The zero-order valence-electron chi connectivity index (χ0n) is 16.3. The van der Waals surface area contributed by atoms with E-state index in [1.807, 2.05) is 0 Å². The number of rotatable bonds is 9. The number of carbonyl (C=O) groups excluding carboxylic acids is 1. The Kier molecular flexibility index (Phi) is 6.69. The summed E-state index contributed by atoms with van der Waals surface area (Å²) in [5.41, 5.74) is 0.353. The molecule has 2 aromatic rings. The number of benzene rings is 1. The molecule has 1 aromatic carbocycles. The van der Waals surface area contributed by atoms with E-state index in [2.05, 4.69) is 24.3 Å². The minimum atomic E-state index is -0.242. The van der Waals surface area contributed by atoms with Crippen molar-refractivity contribution in [1.29, 1.82) is 0 Å². The molecule has 8 nitrogen and oxygen atoms in total.